The topological polar surface area (TPSA) is 128 Å². The van der Waals surface area contributed by atoms with Crippen molar-refractivity contribution >= 4 is 11.7 Å². The van der Waals surface area contributed by atoms with Crippen LogP contribution in [0.25, 0.3) is 22.9 Å². The zero-order valence-electron chi connectivity index (χ0n) is 19.6. The molecule has 0 radical (unpaired) electrons. The third-order valence-electron chi connectivity index (χ3n) is 6.38. The van der Waals surface area contributed by atoms with Gasteiger partial charge in [-0.3, -0.25) is 14.3 Å². The van der Waals surface area contributed by atoms with E-state index >= 15 is 0 Å². The van der Waals surface area contributed by atoms with Crippen molar-refractivity contribution < 1.29 is 18.5 Å². The highest BCUT2D eigenvalue weighted by atomic mass is 19.1. The van der Waals surface area contributed by atoms with Crippen LogP contribution in [0.1, 0.15) is 24.1 Å². The van der Waals surface area contributed by atoms with Gasteiger partial charge in [0.05, 0.1) is 12.2 Å². The Morgan fingerprint density at radius 3 is 2.83 bits per heavy atom. The molecular weight excluding hydrogens is 465 g/mol. The van der Waals surface area contributed by atoms with Crippen LogP contribution in [0.2, 0.25) is 0 Å². The minimum absolute atomic E-state index is 0.149. The highest BCUT2D eigenvalue weighted by Crippen LogP contribution is 2.25. The number of Topliss-reactive ketones (excluding diaryl/α,β-unsaturated/α-hetero) is 1. The number of aryl methyl sites for hydroxylation is 1. The van der Waals surface area contributed by atoms with E-state index in [1.54, 1.807) is 54.3 Å². The molecule has 1 saturated heterocycles. The third kappa shape index (κ3) is 4.40. The van der Waals surface area contributed by atoms with E-state index in [9.17, 15) is 14.0 Å². The second-order valence-corrected chi connectivity index (χ2v) is 8.50. The molecule has 1 atom stereocenters. The van der Waals surface area contributed by atoms with Crippen molar-refractivity contribution in [3.8, 4) is 22.9 Å². The monoisotopic (exact) mass is 489 g/mol. The summed E-state index contributed by atoms with van der Waals surface area (Å²) < 4.78 is 20.9. The van der Waals surface area contributed by atoms with Gasteiger partial charge in [0.25, 0.3) is 0 Å². The first kappa shape index (κ1) is 23.5. The molecule has 0 bridgehead atoms. The van der Waals surface area contributed by atoms with Gasteiger partial charge >= 0.3 is 0 Å². The SMILES string of the molecule is CNC1(C(=O)CCc2ccnc(-c3cc(-c4ccon4)n(Cc4ccccc4F)n3)n2)CCNC1=O. The Kier molecular flexibility index (Phi) is 6.38. The Morgan fingerprint density at radius 2 is 2.11 bits per heavy atom. The fourth-order valence-corrected chi connectivity index (χ4v) is 4.37. The lowest BCUT2D eigenvalue weighted by Crippen LogP contribution is -2.55. The van der Waals surface area contributed by atoms with E-state index in [2.05, 4.69) is 30.9 Å². The summed E-state index contributed by atoms with van der Waals surface area (Å²) in [5.41, 5.74) is 1.56. The Morgan fingerprint density at radius 1 is 1.25 bits per heavy atom. The second-order valence-electron chi connectivity index (χ2n) is 8.50. The number of aromatic nitrogens is 5. The van der Waals surface area contributed by atoms with E-state index < -0.39 is 5.54 Å². The summed E-state index contributed by atoms with van der Waals surface area (Å²) in [4.78, 5) is 34.1. The quantitative estimate of drug-likeness (QED) is 0.343. The minimum atomic E-state index is -1.19. The standard InChI is InChI=1S/C25H24FN7O3/c1-27-25(10-12-29-24(25)35)22(34)7-6-17-8-11-28-23(30-17)20-14-21(19-9-13-36-32-19)33(31-20)15-16-4-2-3-5-18(16)26/h2-5,8-9,11,13-14,27H,6-7,10,12,15H2,1H3,(H,29,35). The van der Waals surface area contributed by atoms with Gasteiger partial charge in [-0.05, 0) is 38.1 Å². The van der Waals surface area contributed by atoms with Crippen molar-refractivity contribution in [2.24, 2.45) is 0 Å². The Labute approximate surface area is 205 Å². The lowest BCUT2D eigenvalue weighted by Gasteiger charge is -2.23. The molecule has 11 heteroatoms. The Hall–Kier alpha value is -4.25. The number of hydrogen-bond acceptors (Lipinski definition) is 8. The van der Waals surface area contributed by atoms with Crippen molar-refractivity contribution in [2.45, 2.75) is 31.3 Å². The van der Waals surface area contributed by atoms with E-state index in [1.807, 2.05) is 0 Å². The number of ketones is 1. The second kappa shape index (κ2) is 9.78. The molecule has 1 fully saturated rings. The Bertz CT molecular complexity index is 1400. The number of hydrogen-bond donors (Lipinski definition) is 2. The van der Waals surface area contributed by atoms with Gasteiger partial charge < -0.3 is 15.2 Å². The number of carbonyl (C=O) groups excluding carboxylic acids is 2. The van der Waals surface area contributed by atoms with E-state index in [1.165, 1.54) is 12.3 Å². The summed E-state index contributed by atoms with van der Waals surface area (Å²) in [6.45, 7) is 0.643. The van der Waals surface area contributed by atoms with E-state index in [0.29, 0.717) is 53.5 Å². The van der Waals surface area contributed by atoms with E-state index in [0.717, 1.165) is 0 Å². The van der Waals surface area contributed by atoms with E-state index in [4.69, 9.17) is 4.52 Å². The predicted octanol–water partition coefficient (Wildman–Crippen LogP) is 2.16. The average molecular weight is 490 g/mol. The van der Waals surface area contributed by atoms with Gasteiger partial charge in [-0.25, -0.2) is 14.4 Å². The fourth-order valence-electron chi connectivity index (χ4n) is 4.37. The van der Waals surface area contributed by atoms with Gasteiger partial charge in [0.1, 0.15) is 23.5 Å². The van der Waals surface area contributed by atoms with Crippen molar-refractivity contribution in [1.29, 1.82) is 0 Å². The molecule has 1 unspecified atom stereocenters. The van der Waals surface area contributed by atoms with Crippen LogP contribution < -0.4 is 10.6 Å². The van der Waals surface area contributed by atoms with E-state index in [-0.39, 0.29) is 30.5 Å². The number of halogens is 1. The highest BCUT2D eigenvalue weighted by molar-refractivity contribution is 6.12. The van der Waals surface area contributed by atoms with Crippen LogP contribution in [-0.2, 0) is 22.6 Å². The fraction of sp³-hybridized carbons (Fsp3) is 0.280. The minimum Gasteiger partial charge on any atom is -0.364 e. The van der Waals surface area contributed by atoms with Crippen LogP contribution in [0.3, 0.4) is 0 Å². The lowest BCUT2D eigenvalue weighted by molar-refractivity contribution is -0.135. The van der Waals surface area contributed by atoms with Gasteiger partial charge in [-0.2, -0.15) is 5.10 Å². The number of benzene rings is 1. The first-order valence-electron chi connectivity index (χ1n) is 11.5. The van der Waals surface area contributed by atoms with Crippen LogP contribution in [0.4, 0.5) is 4.39 Å². The van der Waals surface area contributed by atoms with Crippen molar-refractivity contribution in [2.75, 3.05) is 13.6 Å². The number of carbonyl (C=O) groups is 2. The molecule has 1 aliphatic rings. The predicted molar refractivity (Wildman–Crippen MR) is 127 cm³/mol. The molecule has 0 spiro atoms. The lowest BCUT2D eigenvalue weighted by atomic mass is 9.89. The molecule has 4 heterocycles. The molecule has 1 aliphatic heterocycles. The zero-order chi connectivity index (χ0) is 25.1. The molecule has 184 valence electrons. The van der Waals surface area contributed by atoms with Crippen LogP contribution in [0.5, 0.6) is 0 Å². The normalized spacial score (nSPS) is 17.3. The summed E-state index contributed by atoms with van der Waals surface area (Å²) in [6.07, 6.45) is 3.96. The maximum Gasteiger partial charge on any atom is 0.248 e. The molecule has 0 saturated carbocycles. The molecular formula is C25H24FN7O3. The molecule has 36 heavy (non-hydrogen) atoms. The highest BCUT2D eigenvalue weighted by Gasteiger charge is 2.46. The summed E-state index contributed by atoms with van der Waals surface area (Å²) in [5, 5.41) is 14.2. The summed E-state index contributed by atoms with van der Waals surface area (Å²) in [6, 6.07) is 11.7. The molecule has 10 nitrogen and oxygen atoms in total. The van der Waals surface area contributed by atoms with Crippen LogP contribution in [0, 0.1) is 5.82 Å². The zero-order valence-corrected chi connectivity index (χ0v) is 19.6. The summed E-state index contributed by atoms with van der Waals surface area (Å²) >= 11 is 0. The van der Waals surface area contributed by atoms with Crippen molar-refractivity contribution in [1.82, 2.24) is 35.5 Å². The summed E-state index contributed by atoms with van der Waals surface area (Å²) in [7, 11) is 1.62. The maximum atomic E-state index is 14.3. The van der Waals surface area contributed by atoms with Gasteiger partial charge in [-0.1, -0.05) is 23.4 Å². The molecule has 1 aromatic carbocycles. The van der Waals surface area contributed by atoms with Crippen molar-refractivity contribution in [3.05, 3.63) is 72.0 Å². The number of amides is 1. The Balaban J connectivity index is 1.40. The first-order chi connectivity index (χ1) is 17.5. The summed E-state index contributed by atoms with van der Waals surface area (Å²) in [5.74, 6) is -0.445. The third-order valence-corrected chi connectivity index (χ3v) is 6.38. The molecule has 0 aliphatic carbocycles. The van der Waals surface area contributed by atoms with Gasteiger partial charge in [0, 0.05) is 36.5 Å². The molecule has 5 rings (SSSR count). The smallest absolute Gasteiger partial charge is 0.248 e. The number of nitrogens with one attached hydrogen (secondary N) is 2. The van der Waals surface area contributed by atoms with Gasteiger partial charge in [0.15, 0.2) is 17.1 Å². The maximum absolute atomic E-state index is 14.3. The van der Waals surface area contributed by atoms with Crippen LogP contribution in [-0.4, -0.2) is 55.7 Å². The van der Waals surface area contributed by atoms with Crippen LogP contribution >= 0.6 is 0 Å². The molecule has 3 aromatic heterocycles. The number of rotatable bonds is 9. The number of nitrogens with zero attached hydrogens (tertiary/aromatic N) is 5. The number of likely N-dealkylation sites (N-methyl/N-ethyl adjacent to an activating group) is 1. The molecule has 1 amide bonds. The average Bonchev–Trinajstić information content (AvgIpc) is 3.64. The van der Waals surface area contributed by atoms with Crippen molar-refractivity contribution in [3.63, 3.8) is 0 Å². The first-order valence-corrected chi connectivity index (χ1v) is 11.5. The van der Waals surface area contributed by atoms with Gasteiger partial charge in [-0.15, -0.1) is 0 Å². The van der Waals surface area contributed by atoms with Crippen LogP contribution in [0.15, 0.2) is 59.4 Å². The largest absolute Gasteiger partial charge is 0.364 e. The van der Waals surface area contributed by atoms with Gasteiger partial charge in [0.2, 0.25) is 5.91 Å². The molecule has 2 N–H and O–H groups in total. The molecule has 4 aromatic rings.